The molecule has 90 valence electrons. The average Bonchev–Trinajstić information content (AvgIpc) is 2.81. The van der Waals surface area contributed by atoms with Crippen molar-refractivity contribution in [1.82, 2.24) is 5.16 Å². The highest BCUT2D eigenvalue weighted by Crippen LogP contribution is 2.11. The quantitative estimate of drug-likeness (QED) is 0.876. The summed E-state index contributed by atoms with van der Waals surface area (Å²) in [5, 5.41) is 12.3. The van der Waals surface area contributed by atoms with Crippen LogP contribution < -0.4 is 5.73 Å². The maximum absolute atomic E-state index is 10.8. The summed E-state index contributed by atoms with van der Waals surface area (Å²) in [4.78, 5) is 10.8. The van der Waals surface area contributed by atoms with E-state index in [4.69, 9.17) is 15.5 Å². The van der Waals surface area contributed by atoms with Crippen molar-refractivity contribution >= 4 is 5.91 Å². The Labute approximate surface area is 104 Å². The minimum Gasteiger partial charge on any atom is -0.363 e. The molecule has 1 aromatic heterocycles. The minimum absolute atomic E-state index is 0.0612. The van der Waals surface area contributed by atoms with Gasteiger partial charge in [-0.2, -0.15) is 5.26 Å². The number of rotatable bonds is 4. The molecule has 2 rings (SSSR count). The fourth-order valence-corrected chi connectivity index (χ4v) is 1.59. The van der Waals surface area contributed by atoms with E-state index in [0.29, 0.717) is 18.5 Å². The van der Waals surface area contributed by atoms with Crippen LogP contribution in [0.1, 0.15) is 27.4 Å². The largest absolute Gasteiger partial charge is 0.363 e. The number of nitrogens with two attached hydrogens (primary N) is 1. The van der Waals surface area contributed by atoms with Gasteiger partial charge in [0.2, 0.25) is 5.76 Å². The first-order valence-corrected chi connectivity index (χ1v) is 5.39. The van der Waals surface area contributed by atoms with Crippen molar-refractivity contribution in [3.63, 3.8) is 0 Å². The SMILES string of the molecule is N#CCc1ccc(Cc2cc(C(N)=O)on2)cc1. The zero-order chi connectivity index (χ0) is 13.0. The molecular weight excluding hydrogens is 230 g/mol. The molecule has 1 heterocycles. The second-order valence-corrected chi connectivity index (χ2v) is 3.87. The lowest BCUT2D eigenvalue weighted by atomic mass is 10.1. The van der Waals surface area contributed by atoms with Crippen LogP contribution in [0.3, 0.4) is 0 Å². The Kier molecular flexibility index (Phi) is 3.39. The molecule has 0 aliphatic carbocycles. The number of carbonyl (C=O) groups excluding carboxylic acids is 1. The van der Waals surface area contributed by atoms with Gasteiger partial charge in [-0.25, -0.2) is 0 Å². The number of primary amides is 1. The molecule has 0 atom stereocenters. The van der Waals surface area contributed by atoms with Gasteiger partial charge in [-0.05, 0) is 11.1 Å². The van der Waals surface area contributed by atoms with Crippen LogP contribution in [0, 0.1) is 11.3 Å². The molecule has 2 aromatic rings. The maximum atomic E-state index is 10.8. The number of aromatic nitrogens is 1. The van der Waals surface area contributed by atoms with E-state index < -0.39 is 5.91 Å². The topological polar surface area (TPSA) is 92.9 Å². The van der Waals surface area contributed by atoms with E-state index >= 15 is 0 Å². The zero-order valence-corrected chi connectivity index (χ0v) is 9.59. The van der Waals surface area contributed by atoms with Gasteiger partial charge in [0, 0.05) is 12.5 Å². The van der Waals surface area contributed by atoms with E-state index in [2.05, 4.69) is 11.2 Å². The number of nitriles is 1. The molecule has 18 heavy (non-hydrogen) atoms. The second kappa shape index (κ2) is 5.15. The molecule has 0 unspecified atom stereocenters. The second-order valence-electron chi connectivity index (χ2n) is 3.87. The van der Waals surface area contributed by atoms with Crippen LogP contribution in [0.5, 0.6) is 0 Å². The van der Waals surface area contributed by atoms with E-state index in [-0.39, 0.29) is 5.76 Å². The minimum atomic E-state index is -0.627. The van der Waals surface area contributed by atoms with Crippen LogP contribution in [0.15, 0.2) is 34.9 Å². The third-order valence-corrected chi connectivity index (χ3v) is 2.49. The Balaban J connectivity index is 2.08. The van der Waals surface area contributed by atoms with Gasteiger partial charge >= 0.3 is 0 Å². The first-order valence-electron chi connectivity index (χ1n) is 5.39. The lowest BCUT2D eigenvalue weighted by Gasteiger charge is -1.99. The highest BCUT2D eigenvalue weighted by molar-refractivity contribution is 5.89. The van der Waals surface area contributed by atoms with Crippen LogP contribution in [-0.2, 0) is 12.8 Å². The zero-order valence-electron chi connectivity index (χ0n) is 9.59. The van der Waals surface area contributed by atoms with Crippen molar-refractivity contribution in [2.75, 3.05) is 0 Å². The number of nitrogens with zero attached hydrogens (tertiary/aromatic N) is 2. The van der Waals surface area contributed by atoms with Gasteiger partial charge in [-0.1, -0.05) is 29.4 Å². The Morgan fingerprint density at radius 1 is 1.33 bits per heavy atom. The molecule has 0 saturated heterocycles. The number of benzene rings is 1. The molecular formula is C13H11N3O2. The standard InChI is InChI=1S/C13H11N3O2/c14-6-5-9-1-3-10(4-2-9)7-11-8-12(13(15)17)18-16-11/h1-4,8H,5,7H2,(H2,15,17). The Morgan fingerprint density at radius 2 is 2.00 bits per heavy atom. The number of hydrogen-bond donors (Lipinski definition) is 1. The van der Waals surface area contributed by atoms with Crippen LogP contribution in [0.25, 0.3) is 0 Å². The summed E-state index contributed by atoms with van der Waals surface area (Å²) in [5.74, 6) is -0.566. The summed E-state index contributed by atoms with van der Waals surface area (Å²) in [5.41, 5.74) is 7.72. The summed E-state index contributed by atoms with van der Waals surface area (Å²) in [7, 11) is 0. The molecule has 0 aliphatic rings. The van der Waals surface area contributed by atoms with Crippen molar-refractivity contribution < 1.29 is 9.32 Å². The molecule has 0 saturated carbocycles. The molecule has 2 N–H and O–H groups in total. The van der Waals surface area contributed by atoms with Crippen molar-refractivity contribution in [1.29, 1.82) is 5.26 Å². The predicted molar refractivity (Wildman–Crippen MR) is 63.6 cm³/mol. The third kappa shape index (κ3) is 2.74. The third-order valence-electron chi connectivity index (χ3n) is 2.49. The van der Waals surface area contributed by atoms with Crippen LogP contribution in [0.4, 0.5) is 0 Å². The summed E-state index contributed by atoms with van der Waals surface area (Å²) >= 11 is 0. The highest BCUT2D eigenvalue weighted by atomic mass is 16.5. The van der Waals surface area contributed by atoms with Crippen LogP contribution in [0.2, 0.25) is 0 Å². The summed E-state index contributed by atoms with van der Waals surface area (Å²) in [6, 6.07) is 11.3. The molecule has 0 aliphatic heterocycles. The summed E-state index contributed by atoms with van der Waals surface area (Å²) < 4.78 is 4.79. The van der Waals surface area contributed by atoms with Gasteiger partial charge in [0.25, 0.3) is 5.91 Å². The number of carbonyl (C=O) groups is 1. The Hall–Kier alpha value is -2.61. The normalized spacial score (nSPS) is 9.94. The van der Waals surface area contributed by atoms with E-state index in [1.54, 1.807) is 0 Å². The highest BCUT2D eigenvalue weighted by Gasteiger charge is 2.09. The molecule has 0 radical (unpaired) electrons. The summed E-state index contributed by atoms with van der Waals surface area (Å²) in [6.07, 6.45) is 0.958. The van der Waals surface area contributed by atoms with Gasteiger partial charge in [0.1, 0.15) is 0 Å². The Morgan fingerprint density at radius 3 is 2.56 bits per heavy atom. The van der Waals surface area contributed by atoms with E-state index in [9.17, 15) is 4.79 Å². The van der Waals surface area contributed by atoms with Crippen molar-refractivity contribution in [2.24, 2.45) is 5.73 Å². The lowest BCUT2D eigenvalue weighted by molar-refractivity contribution is 0.0965. The van der Waals surface area contributed by atoms with Gasteiger partial charge in [0.15, 0.2) is 0 Å². The molecule has 0 bridgehead atoms. The van der Waals surface area contributed by atoms with Crippen LogP contribution >= 0.6 is 0 Å². The first-order chi connectivity index (χ1) is 8.69. The smallest absolute Gasteiger partial charge is 0.287 e. The van der Waals surface area contributed by atoms with Crippen molar-refractivity contribution in [3.05, 3.63) is 52.9 Å². The number of amides is 1. The molecule has 5 nitrogen and oxygen atoms in total. The molecule has 5 heteroatoms. The maximum Gasteiger partial charge on any atom is 0.287 e. The molecule has 1 amide bonds. The van der Waals surface area contributed by atoms with Gasteiger partial charge in [-0.3, -0.25) is 4.79 Å². The predicted octanol–water partition coefficient (Wildman–Crippen LogP) is 1.43. The first kappa shape index (κ1) is 11.9. The van der Waals surface area contributed by atoms with E-state index in [1.165, 1.54) is 6.07 Å². The Bertz CT molecular complexity index is 593. The average molecular weight is 241 g/mol. The van der Waals surface area contributed by atoms with Gasteiger partial charge in [0.05, 0.1) is 18.2 Å². The van der Waals surface area contributed by atoms with Gasteiger partial charge < -0.3 is 10.3 Å². The number of hydrogen-bond acceptors (Lipinski definition) is 4. The van der Waals surface area contributed by atoms with E-state index in [1.807, 2.05) is 24.3 Å². The van der Waals surface area contributed by atoms with E-state index in [0.717, 1.165) is 11.1 Å². The monoisotopic (exact) mass is 241 g/mol. The molecule has 1 aromatic carbocycles. The van der Waals surface area contributed by atoms with Crippen molar-refractivity contribution in [3.8, 4) is 6.07 Å². The fourth-order valence-electron chi connectivity index (χ4n) is 1.59. The molecule has 0 fully saturated rings. The van der Waals surface area contributed by atoms with Gasteiger partial charge in [-0.15, -0.1) is 0 Å². The van der Waals surface area contributed by atoms with Crippen LogP contribution in [-0.4, -0.2) is 11.1 Å². The summed E-state index contributed by atoms with van der Waals surface area (Å²) in [6.45, 7) is 0. The van der Waals surface area contributed by atoms with Crippen molar-refractivity contribution in [2.45, 2.75) is 12.8 Å². The fraction of sp³-hybridized carbons (Fsp3) is 0.154. The lowest BCUT2D eigenvalue weighted by Crippen LogP contribution is -2.09. The molecule has 0 spiro atoms.